The van der Waals surface area contributed by atoms with Gasteiger partial charge in [0.2, 0.25) is 0 Å². The molecule has 2 aliphatic rings. The van der Waals surface area contributed by atoms with E-state index < -0.39 is 0 Å². The monoisotopic (exact) mass is 445 g/mol. The van der Waals surface area contributed by atoms with Gasteiger partial charge < -0.3 is 10.2 Å². The van der Waals surface area contributed by atoms with Gasteiger partial charge in [-0.1, -0.05) is 18.2 Å². The van der Waals surface area contributed by atoms with Gasteiger partial charge in [-0.2, -0.15) is 0 Å². The van der Waals surface area contributed by atoms with Gasteiger partial charge in [-0.15, -0.1) is 0 Å². The summed E-state index contributed by atoms with van der Waals surface area (Å²) in [5, 5.41) is 3.62. The van der Waals surface area contributed by atoms with Crippen LogP contribution in [0.25, 0.3) is 10.9 Å². The number of hydrogen-bond donors (Lipinski definition) is 1. The van der Waals surface area contributed by atoms with Crippen LogP contribution in [0.5, 0.6) is 0 Å². The quantitative estimate of drug-likeness (QED) is 0.591. The second-order valence-electron chi connectivity index (χ2n) is 8.95. The Morgan fingerprint density at radius 1 is 0.970 bits per heavy atom. The van der Waals surface area contributed by atoms with Crippen LogP contribution in [0.3, 0.4) is 0 Å². The van der Waals surface area contributed by atoms with Crippen molar-refractivity contribution in [2.75, 3.05) is 44.2 Å². The Labute approximate surface area is 194 Å². The number of rotatable bonds is 6. The van der Waals surface area contributed by atoms with Crippen LogP contribution in [0.1, 0.15) is 35.4 Å². The number of piperazine rings is 1. The predicted octanol–water partition coefficient (Wildman–Crippen LogP) is 2.67. The van der Waals surface area contributed by atoms with E-state index >= 15 is 0 Å². The van der Waals surface area contributed by atoms with Crippen molar-refractivity contribution in [3.05, 3.63) is 70.3 Å². The zero-order valence-corrected chi connectivity index (χ0v) is 19.0. The fraction of sp³-hybridized carbons (Fsp3) is 0.423. The highest BCUT2D eigenvalue weighted by atomic mass is 16.1. The largest absolute Gasteiger partial charge is 0.369 e. The lowest BCUT2D eigenvalue weighted by Crippen LogP contribution is -2.47. The normalized spacial score (nSPS) is 16.5. The Kier molecular flexibility index (Phi) is 6.39. The van der Waals surface area contributed by atoms with Crippen LogP contribution in [-0.4, -0.2) is 59.6 Å². The molecule has 1 fully saturated rings. The van der Waals surface area contributed by atoms with Gasteiger partial charge in [-0.25, -0.2) is 4.98 Å². The van der Waals surface area contributed by atoms with Crippen molar-refractivity contribution in [2.24, 2.45) is 0 Å². The summed E-state index contributed by atoms with van der Waals surface area (Å²) in [7, 11) is 0. The van der Waals surface area contributed by atoms with E-state index in [-0.39, 0.29) is 11.5 Å². The number of aromatic nitrogens is 2. The maximum Gasteiger partial charge on any atom is 0.261 e. The summed E-state index contributed by atoms with van der Waals surface area (Å²) in [6.07, 6.45) is 3.81. The number of para-hydroxylation sites is 1. The average molecular weight is 446 g/mol. The number of nitrogens with one attached hydrogen (secondary N) is 1. The molecule has 2 aromatic carbocycles. The zero-order valence-electron chi connectivity index (χ0n) is 19.0. The number of anilines is 1. The van der Waals surface area contributed by atoms with Gasteiger partial charge in [-0.3, -0.25) is 19.1 Å². The molecule has 1 saturated heterocycles. The topological polar surface area (TPSA) is 70.5 Å². The molecule has 5 rings (SSSR count). The van der Waals surface area contributed by atoms with Crippen LogP contribution in [0.15, 0.2) is 53.3 Å². The molecule has 0 aliphatic carbocycles. The molecular weight excluding hydrogens is 414 g/mol. The Bertz CT molecular complexity index is 1180. The summed E-state index contributed by atoms with van der Waals surface area (Å²) >= 11 is 0. The molecule has 0 saturated carbocycles. The molecule has 33 heavy (non-hydrogen) atoms. The average Bonchev–Trinajstić information content (AvgIpc) is 2.87. The van der Waals surface area contributed by atoms with E-state index in [2.05, 4.69) is 50.4 Å². The number of nitrogens with zero attached hydrogens (tertiary/aromatic N) is 4. The van der Waals surface area contributed by atoms with E-state index in [0.29, 0.717) is 23.0 Å². The number of amides is 1. The highest BCUT2D eigenvalue weighted by Gasteiger charge is 2.18. The number of carbonyl (C=O) groups is 1. The standard InChI is InChI=1S/C26H31N5O2/c32-25(20-10-11-22-23(19-20)28-24-9-4-5-14-31(24)26(22)33)27-12-6-13-29-15-17-30(18-16-29)21-7-2-1-3-8-21/h1-3,7-8,10-11,19H,4-6,9,12-18H2,(H,27,32). The van der Waals surface area contributed by atoms with Gasteiger partial charge in [0.25, 0.3) is 11.5 Å². The molecule has 0 atom stereocenters. The molecule has 172 valence electrons. The van der Waals surface area contributed by atoms with Gasteiger partial charge in [0.15, 0.2) is 0 Å². The molecule has 0 spiro atoms. The third-order valence-corrected chi connectivity index (χ3v) is 6.76. The van der Waals surface area contributed by atoms with Crippen molar-refractivity contribution in [1.29, 1.82) is 0 Å². The Balaban J connectivity index is 1.11. The first kappa shape index (κ1) is 21.6. The van der Waals surface area contributed by atoms with Gasteiger partial charge in [-0.05, 0) is 56.1 Å². The van der Waals surface area contributed by atoms with Crippen LogP contribution in [0, 0.1) is 0 Å². The van der Waals surface area contributed by atoms with Gasteiger partial charge in [0.05, 0.1) is 10.9 Å². The molecule has 0 bridgehead atoms. The van der Waals surface area contributed by atoms with E-state index in [1.165, 1.54) is 5.69 Å². The fourth-order valence-corrected chi connectivity index (χ4v) is 4.86. The third-order valence-electron chi connectivity index (χ3n) is 6.76. The third kappa shape index (κ3) is 4.78. The van der Waals surface area contributed by atoms with Gasteiger partial charge in [0, 0.05) is 56.9 Å². The van der Waals surface area contributed by atoms with Crippen molar-refractivity contribution < 1.29 is 4.79 Å². The number of benzene rings is 2. The maximum absolute atomic E-state index is 12.7. The first-order chi connectivity index (χ1) is 16.2. The van der Waals surface area contributed by atoms with E-state index in [9.17, 15) is 9.59 Å². The molecule has 0 radical (unpaired) electrons. The molecule has 3 heterocycles. The zero-order chi connectivity index (χ0) is 22.6. The molecule has 7 heteroatoms. The maximum atomic E-state index is 12.7. The number of aryl methyl sites for hydroxylation is 1. The molecule has 2 aliphatic heterocycles. The van der Waals surface area contributed by atoms with E-state index in [1.54, 1.807) is 22.8 Å². The van der Waals surface area contributed by atoms with Gasteiger partial charge >= 0.3 is 0 Å². The Morgan fingerprint density at radius 2 is 1.79 bits per heavy atom. The van der Waals surface area contributed by atoms with Crippen LogP contribution in [0.4, 0.5) is 5.69 Å². The van der Waals surface area contributed by atoms with Crippen molar-refractivity contribution in [1.82, 2.24) is 19.8 Å². The SMILES string of the molecule is O=C(NCCCN1CCN(c2ccccc2)CC1)c1ccc2c(=O)n3c(nc2c1)CCCC3. The highest BCUT2D eigenvalue weighted by molar-refractivity contribution is 5.97. The molecule has 1 aromatic heterocycles. The Morgan fingerprint density at radius 3 is 2.61 bits per heavy atom. The summed E-state index contributed by atoms with van der Waals surface area (Å²) in [5.74, 6) is 0.731. The van der Waals surface area contributed by atoms with Crippen LogP contribution < -0.4 is 15.8 Å². The fourth-order valence-electron chi connectivity index (χ4n) is 4.86. The Hall–Kier alpha value is -3.19. The molecule has 7 nitrogen and oxygen atoms in total. The minimum Gasteiger partial charge on any atom is -0.369 e. The summed E-state index contributed by atoms with van der Waals surface area (Å²) in [6, 6.07) is 15.8. The van der Waals surface area contributed by atoms with E-state index in [1.807, 2.05) is 0 Å². The van der Waals surface area contributed by atoms with Crippen molar-refractivity contribution >= 4 is 22.5 Å². The van der Waals surface area contributed by atoms with Crippen molar-refractivity contribution in [3.8, 4) is 0 Å². The number of fused-ring (bicyclic) bond motifs is 2. The minimum atomic E-state index is -0.106. The summed E-state index contributed by atoms with van der Waals surface area (Å²) in [5.41, 5.74) is 2.48. The minimum absolute atomic E-state index is 0.00835. The number of hydrogen-bond acceptors (Lipinski definition) is 5. The van der Waals surface area contributed by atoms with Crippen LogP contribution >= 0.6 is 0 Å². The molecule has 1 amide bonds. The molecule has 0 unspecified atom stereocenters. The van der Waals surface area contributed by atoms with Crippen LogP contribution in [0.2, 0.25) is 0 Å². The second kappa shape index (κ2) is 9.75. The van der Waals surface area contributed by atoms with E-state index in [0.717, 1.165) is 70.8 Å². The molecule has 3 aromatic rings. The first-order valence-corrected chi connectivity index (χ1v) is 12.0. The summed E-state index contributed by atoms with van der Waals surface area (Å²) < 4.78 is 1.78. The van der Waals surface area contributed by atoms with E-state index in [4.69, 9.17) is 0 Å². The van der Waals surface area contributed by atoms with Crippen molar-refractivity contribution in [2.45, 2.75) is 32.2 Å². The lowest BCUT2D eigenvalue weighted by molar-refractivity contribution is 0.0951. The smallest absolute Gasteiger partial charge is 0.261 e. The lowest BCUT2D eigenvalue weighted by atomic mass is 10.1. The summed E-state index contributed by atoms with van der Waals surface area (Å²) in [6.45, 7) is 6.49. The first-order valence-electron chi connectivity index (χ1n) is 12.0. The van der Waals surface area contributed by atoms with Gasteiger partial charge in [0.1, 0.15) is 5.82 Å². The van der Waals surface area contributed by atoms with Crippen molar-refractivity contribution in [3.63, 3.8) is 0 Å². The highest BCUT2D eigenvalue weighted by Crippen LogP contribution is 2.17. The summed E-state index contributed by atoms with van der Waals surface area (Å²) in [4.78, 5) is 35.0. The number of carbonyl (C=O) groups excluding carboxylic acids is 1. The predicted molar refractivity (Wildman–Crippen MR) is 131 cm³/mol. The second-order valence-corrected chi connectivity index (χ2v) is 8.95. The molecule has 1 N–H and O–H groups in total. The molecular formula is C26H31N5O2. The van der Waals surface area contributed by atoms with Crippen LogP contribution in [-0.2, 0) is 13.0 Å². The lowest BCUT2D eigenvalue weighted by Gasteiger charge is -2.36.